The van der Waals surface area contributed by atoms with Crippen LogP contribution in [0.4, 0.5) is 14.5 Å². The van der Waals surface area contributed by atoms with Gasteiger partial charge in [0.25, 0.3) is 0 Å². The summed E-state index contributed by atoms with van der Waals surface area (Å²) in [6.45, 7) is -1.01. The fraction of sp³-hybridized carbons (Fsp3) is 0.438. The van der Waals surface area contributed by atoms with E-state index >= 15 is 0 Å². The molecule has 2 aromatic rings. The summed E-state index contributed by atoms with van der Waals surface area (Å²) in [7, 11) is 0. The van der Waals surface area contributed by atoms with Crippen LogP contribution in [-0.4, -0.2) is 20.7 Å². The number of carbonyl (C=O) groups is 1. The molecule has 0 spiro atoms. The molecule has 2 bridgehead atoms. The lowest BCUT2D eigenvalue weighted by molar-refractivity contribution is -0.119. The fourth-order valence-electron chi connectivity index (χ4n) is 2.87. The molecular weight excluding hydrogens is 387 g/mol. The van der Waals surface area contributed by atoms with Crippen molar-refractivity contribution in [1.82, 2.24) is 14.8 Å². The number of pyridine rings is 1. The van der Waals surface area contributed by atoms with Gasteiger partial charge in [-0.05, 0) is 25.0 Å². The molecular formula is C16H21Cl2F2N5O. The number of hydrogen-bond acceptors (Lipinski definition) is 4. The van der Waals surface area contributed by atoms with E-state index in [1.54, 1.807) is 19.1 Å². The third-order valence-corrected chi connectivity index (χ3v) is 4.27. The zero-order valence-corrected chi connectivity index (χ0v) is 15.7. The Morgan fingerprint density at radius 2 is 2.08 bits per heavy atom. The summed E-state index contributed by atoms with van der Waals surface area (Å²) in [5.74, 6) is -0.459. The standard InChI is InChI=1S/C16H19F2N5O.2ClH/c1-9-3-2-4-11(19)12-7-10(5-6-20-12)14-13(22-15(9)24)8-21-23(14)16(17)18;;/h5-9,11,16H,2-4,19H2,1H3,(H,22,24);2*1H/t9-,11-;;/m0../s1. The van der Waals surface area contributed by atoms with Crippen LogP contribution >= 0.6 is 24.8 Å². The smallest absolute Gasteiger partial charge is 0.323 e. The van der Waals surface area contributed by atoms with Gasteiger partial charge in [-0.25, -0.2) is 4.68 Å². The minimum atomic E-state index is -2.82. The summed E-state index contributed by atoms with van der Waals surface area (Å²) >= 11 is 0. The Hall–Kier alpha value is -1.77. The lowest BCUT2D eigenvalue weighted by atomic mass is 9.97. The van der Waals surface area contributed by atoms with Crippen LogP contribution < -0.4 is 11.1 Å². The van der Waals surface area contributed by atoms with Gasteiger partial charge < -0.3 is 11.1 Å². The number of nitrogens with zero attached hydrogens (tertiary/aromatic N) is 3. The Bertz CT molecular complexity index is 756. The van der Waals surface area contributed by atoms with E-state index in [4.69, 9.17) is 5.73 Å². The van der Waals surface area contributed by atoms with E-state index in [1.807, 2.05) is 0 Å². The number of halogens is 4. The third kappa shape index (κ3) is 4.49. The Labute approximate surface area is 162 Å². The zero-order valence-electron chi connectivity index (χ0n) is 14.1. The van der Waals surface area contributed by atoms with Gasteiger partial charge in [0.05, 0.1) is 23.3 Å². The first kappa shape index (κ1) is 22.3. The van der Waals surface area contributed by atoms with Crippen LogP contribution in [0.15, 0.2) is 24.5 Å². The van der Waals surface area contributed by atoms with Crippen LogP contribution in [0.1, 0.15) is 44.5 Å². The Morgan fingerprint density at radius 1 is 1.35 bits per heavy atom. The maximum atomic E-state index is 13.3. The largest absolute Gasteiger partial charge is 0.333 e. The third-order valence-electron chi connectivity index (χ3n) is 4.27. The van der Waals surface area contributed by atoms with Crippen LogP contribution in [0.3, 0.4) is 0 Å². The second kappa shape index (κ2) is 9.25. The Balaban J connectivity index is 0.00000169. The molecule has 1 amide bonds. The molecule has 0 radical (unpaired) electrons. The number of fused-ring (bicyclic) bond motifs is 4. The fourth-order valence-corrected chi connectivity index (χ4v) is 2.87. The van der Waals surface area contributed by atoms with Crippen LogP contribution in [0.25, 0.3) is 11.3 Å². The van der Waals surface area contributed by atoms with Gasteiger partial charge in [-0.2, -0.15) is 13.9 Å². The second-order valence-electron chi connectivity index (χ2n) is 6.03. The van der Waals surface area contributed by atoms with Gasteiger partial charge in [0, 0.05) is 23.7 Å². The molecule has 10 heteroatoms. The molecule has 6 nitrogen and oxygen atoms in total. The quantitative estimate of drug-likeness (QED) is 0.749. The van der Waals surface area contributed by atoms with Gasteiger partial charge in [0.15, 0.2) is 0 Å². The van der Waals surface area contributed by atoms with Gasteiger partial charge in [0.2, 0.25) is 5.91 Å². The first-order valence-corrected chi connectivity index (χ1v) is 7.85. The molecule has 0 saturated heterocycles. The predicted octanol–water partition coefficient (Wildman–Crippen LogP) is 3.94. The molecule has 144 valence electrons. The number of hydrogen-bond donors (Lipinski definition) is 2. The summed E-state index contributed by atoms with van der Waals surface area (Å²) in [6, 6.07) is 2.99. The van der Waals surface area contributed by atoms with Crippen LogP contribution in [0.2, 0.25) is 0 Å². The lowest BCUT2D eigenvalue weighted by Gasteiger charge is -2.18. The summed E-state index contributed by atoms with van der Waals surface area (Å²) < 4.78 is 27.2. The van der Waals surface area contributed by atoms with Crippen molar-refractivity contribution in [1.29, 1.82) is 0 Å². The normalized spacial score (nSPS) is 20.0. The minimum Gasteiger partial charge on any atom is -0.323 e. The van der Waals surface area contributed by atoms with E-state index in [-0.39, 0.29) is 54.1 Å². The molecule has 2 aromatic heterocycles. The van der Waals surface area contributed by atoms with Crippen molar-refractivity contribution in [2.75, 3.05) is 5.32 Å². The highest BCUT2D eigenvalue weighted by Gasteiger charge is 2.23. The van der Waals surface area contributed by atoms with Crippen LogP contribution in [0, 0.1) is 5.92 Å². The van der Waals surface area contributed by atoms with Crippen molar-refractivity contribution >= 4 is 36.4 Å². The van der Waals surface area contributed by atoms with E-state index in [1.165, 1.54) is 12.4 Å². The maximum absolute atomic E-state index is 13.3. The first-order chi connectivity index (χ1) is 11.5. The van der Waals surface area contributed by atoms with E-state index in [2.05, 4.69) is 15.4 Å². The monoisotopic (exact) mass is 407 g/mol. The summed E-state index contributed by atoms with van der Waals surface area (Å²) in [4.78, 5) is 16.6. The molecule has 26 heavy (non-hydrogen) atoms. The van der Waals surface area contributed by atoms with Gasteiger partial charge in [-0.1, -0.05) is 13.3 Å². The summed E-state index contributed by atoms with van der Waals surface area (Å²) in [6.07, 6.45) is 4.91. The van der Waals surface area contributed by atoms with Gasteiger partial charge in [0.1, 0.15) is 0 Å². The molecule has 2 atom stereocenters. The lowest BCUT2D eigenvalue weighted by Crippen LogP contribution is -2.22. The molecule has 3 heterocycles. The molecule has 0 saturated carbocycles. The van der Waals surface area contributed by atoms with E-state index in [9.17, 15) is 13.6 Å². The summed E-state index contributed by atoms with van der Waals surface area (Å²) in [5, 5.41) is 6.44. The topological polar surface area (TPSA) is 85.8 Å². The number of nitrogens with one attached hydrogen (secondary N) is 1. The number of amides is 1. The highest BCUT2D eigenvalue weighted by molar-refractivity contribution is 5.95. The van der Waals surface area contributed by atoms with Gasteiger partial charge in [-0.15, -0.1) is 24.8 Å². The van der Waals surface area contributed by atoms with Crippen molar-refractivity contribution in [3.8, 4) is 11.3 Å². The second-order valence-corrected chi connectivity index (χ2v) is 6.03. The van der Waals surface area contributed by atoms with E-state index in [0.29, 0.717) is 28.8 Å². The number of alkyl halides is 2. The van der Waals surface area contributed by atoms with E-state index in [0.717, 1.165) is 6.42 Å². The number of nitrogens with two attached hydrogens (primary N) is 1. The maximum Gasteiger partial charge on any atom is 0.333 e. The zero-order chi connectivity index (χ0) is 17.3. The van der Waals surface area contributed by atoms with E-state index < -0.39 is 6.55 Å². The minimum absolute atomic E-state index is 0. The number of carbonyl (C=O) groups excluding carboxylic acids is 1. The molecule has 3 N–H and O–H groups in total. The molecule has 0 unspecified atom stereocenters. The average molecular weight is 408 g/mol. The molecule has 1 aliphatic rings. The number of rotatable bonds is 1. The summed E-state index contributed by atoms with van der Waals surface area (Å²) in [5.41, 5.74) is 7.71. The van der Waals surface area contributed by atoms with Crippen LogP contribution in [0.5, 0.6) is 0 Å². The average Bonchev–Trinajstić information content (AvgIpc) is 2.97. The Morgan fingerprint density at radius 3 is 2.77 bits per heavy atom. The highest BCUT2D eigenvalue weighted by atomic mass is 35.5. The first-order valence-electron chi connectivity index (χ1n) is 7.85. The number of aromatic nitrogens is 3. The molecule has 1 aliphatic heterocycles. The SMILES string of the molecule is C[C@H]1CCC[C@H](N)c2cc(ccn2)-c2c(cnn2C(F)F)NC1=O.Cl.Cl. The molecule has 0 fully saturated rings. The highest BCUT2D eigenvalue weighted by Crippen LogP contribution is 2.33. The van der Waals surface area contributed by atoms with Crippen LogP contribution in [-0.2, 0) is 4.79 Å². The van der Waals surface area contributed by atoms with Gasteiger partial charge in [-0.3, -0.25) is 9.78 Å². The van der Waals surface area contributed by atoms with Crippen molar-refractivity contribution in [3.05, 3.63) is 30.2 Å². The van der Waals surface area contributed by atoms with Crippen molar-refractivity contribution < 1.29 is 13.6 Å². The molecule has 0 aliphatic carbocycles. The number of anilines is 1. The molecule has 0 aromatic carbocycles. The van der Waals surface area contributed by atoms with Crippen molar-refractivity contribution in [2.24, 2.45) is 11.7 Å². The van der Waals surface area contributed by atoms with Gasteiger partial charge >= 0.3 is 6.55 Å². The predicted molar refractivity (Wildman–Crippen MR) is 99.8 cm³/mol. The molecule has 3 rings (SSSR count). The van der Waals surface area contributed by atoms with Crippen molar-refractivity contribution in [2.45, 2.75) is 38.8 Å². The Kier molecular flexibility index (Phi) is 7.92. The van der Waals surface area contributed by atoms with Crippen molar-refractivity contribution in [3.63, 3.8) is 0 Å².